The Bertz CT molecular complexity index is 1550. The van der Waals surface area contributed by atoms with E-state index in [1.54, 1.807) is 14.2 Å². The summed E-state index contributed by atoms with van der Waals surface area (Å²) in [6.45, 7) is 11.6. The van der Waals surface area contributed by atoms with E-state index < -0.39 is 8.80 Å². The first kappa shape index (κ1) is 28.3. The lowest BCUT2D eigenvalue weighted by Crippen LogP contribution is -2.25. The molecule has 0 amide bonds. The molecule has 0 aromatic heterocycles. The Balaban J connectivity index is 1.37. The Morgan fingerprint density at radius 3 is 1.38 bits per heavy atom. The quantitative estimate of drug-likeness (QED) is 0.322. The van der Waals surface area contributed by atoms with E-state index >= 15 is 0 Å². The van der Waals surface area contributed by atoms with E-state index in [9.17, 15) is 0 Å². The molecule has 2 aromatic rings. The lowest BCUT2D eigenvalue weighted by Gasteiger charge is -2.30. The normalized spacial score (nSPS) is 24.5. The van der Waals surface area contributed by atoms with Crippen LogP contribution in [0.1, 0.15) is 47.9 Å². The van der Waals surface area contributed by atoms with Gasteiger partial charge in [0, 0.05) is 11.8 Å². The molecule has 4 atom stereocenters. The fourth-order valence-electron chi connectivity index (χ4n) is 7.59. The van der Waals surface area contributed by atoms with E-state index in [4.69, 9.17) is 9.47 Å². The molecule has 0 spiro atoms. The van der Waals surface area contributed by atoms with Gasteiger partial charge in [0.1, 0.15) is 11.5 Å². The van der Waals surface area contributed by atoms with Gasteiger partial charge in [0.25, 0.3) is 0 Å². The third kappa shape index (κ3) is 4.84. The van der Waals surface area contributed by atoms with Gasteiger partial charge in [0.2, 0.25) is 0 Å². The molecule has 0 saturated carbocycles. The van der Waals surface area contributed by atoms with Crippen LogP contribution in [0.15, 0.2) is 131 Å². The molecule has 2 nitrogen and oxygen atoms in total. The van der Waals surface area contributed by atoms with Crippen molar-refractivity contribution in [3.63, 3.8) is 0 Å². The number of aryl methyl sites for hydroxylation is 2. The number of hydrogen-bond acceptors (Lipinski definition) is 2. The highest BCUT2D eigenvalue weighted by Crippen LogP contribution is 2.54. The number of methoxy groups -OCH3 is 2. The van der Waals surface area contributed by atoms with Gasteiger partial charge in [-0.25, -0.2) is 0 Å². The second kappa shape index (κ2) is 11.5. The SMILES string of the molecule is COc1ccc(C2C=CC=CC3=C2C=C(C)C3[Si](C)C2C(C)=CC3=C2C=CC=CC3c2ccc(OC)c(C)c2)cc1C. The summed E-state index contributed by atoms with van der Waals surface area (Å²) in [6.07, 6.45) is 23.5. The van der Waals surface area contributed by atoms with Crippen molar-refractivity contribution >= 4 is 8.80 Å². The van der Waals surface area contributed by atoms with E-state index in [1.165, 1.54) is 55.7 Å². The molecule has 213 valence electrons. The number of ether oxygens (including phenoxy) is 2. The van der Waals surface area contributed by atoms with Gasteiger partial charge in [-0.1, -0.05) is 103 Å². The average molecular weight is 570 g/mol. The first-order valence-corrected chi connectivity index (χ1v) is 17.1. The molecule has 42 heavy (non-hydrogen) atoms. The largest absolute Gasteiger partial charge is 0.496 e. The summed E-state index contributed by atoms with van der Waals surface area (Å²) in [4.78, 5) is 0. The van der Waals surface area contributed by atoms with Crippen LogP contribution in [0, 0.1) is 13.8 Å². The maximum absolute atomic E-state index is 5.56. The second-order valence-corrected chi connectivity index (χ2v) is 14.8. The van der Waals surface area contributed by atoms with Crippen LogP contribution in [0.3, 0.4) is 0 Å². The molecule has 0 heterocycles. The molecule has 3 heteroatoms. The Morgan fingerprint density at radius 2 is 1.00 bits per heavy atom. The first-order valence-electron chi connectivity index (χ1n) is 15.0. The third-order valence-electron chi connectivity index (χ3n) is 9.48. The lowest BCUT2D eigenvalue weighted by atomic mass is 9.88. The fraction of sp³-hybridized carbons (Fsp3) is 0.282. The van der Waals surface area contributed by atoms with Crippen molar-refractivity contribution in [3.05, 3.63) is 153 Å². The number of rotatable bonds is 6. The van der Waals surface area contributed by atoms with Gasteiger partial charge < -0.3 is 9.47 Å². The minimum Gasteiger partial charge on any atom is -0.496 e. The minimum absolute atomic E-state index is 0.244. The molecule has 4 aliphatic carbocycles. The molecule has 6 rings (SSSR count). The van der Waals surface area contributed by atoms with Gasteiger partial charge in [0.15, 0.2) is 0 Å². The van der Waals surface area contributed by atoms with Crippen LogP contribution in [0.2, 0.25) is 17.6 Å². The van der Waals surface area contributed by atoms with Gasteiger partial charge in [-0.2, -0.15) is 0 Å². The molecule has 0 N–H and O–H groups in total. The van der Waals surface area contributed by atoms with Crippen molar-refractivity contribution in [2.75, 3.05) is 14.2 Å². The second-order valence-electron chi connectivity index (χ2n) is 12.1. The molecule has 2 aromatic carbocycles. The van der Waals surface area contributed by atoms with Crippen molar-refractivity contribution in [2.24, 2.45) is 0 Å². The highest BCUT2D eigenvalue weighted by Gasteiger charge is 2.41. The van der Waals surface area contributed by atoms with Crippen LogP contribution in [0.5, 0.6) is 11.5 Å². The molecule has 1 radical (unpaired) electrons. The average Bonchev–Trinajstić information content (AvgIpc) is 3.28. The van der Waals surface area contributed by atoms with E-state index in [0.29, 0.717) is 11.1 Å². The summed E-state index contributed by atoms with van der Waals surface area (Å²) in [5, 5.41) is 0. The van der Waals surface area contributed by atoms with E-state index in [-0.39, 0.29) is 11.8 Å². The molecule has 0 fully saturated rings. The number of benzene rings is 2. The van der Waals surface area contributed by atoms with Crippen molar-refractivity contribution in [1.82, 2.24) is 0 Å². The van der Waals surface area contributed by atoms with Crippen LogP contribution < -0.4 is 9.47 Å². The highest BCUT2D eigenvalue weighted by atomic mass is 28.3. The summed E-state index contributed by atoms with van der Waals surface area (Å²) >= 11 is 0. The van der Waals surface area contributed by atoms with Gasteiger partial charge in [-0.05, 0) is 95.5 Å². The van der Waals surface area contributed by atoms with E-state index in [2.05, 4.69) is 131 Å². The highest BCUT2D eigenvalue weighted by molar-refractivity contribution is 6.64. The van der Waals surface area contributed by atoms with Crippen molar-refractivity contribution in [1.29, 1.82) is 0 Å². The Morgan fingerprint density at radius 1 is 0.571 bits per heavy atom. The van der Waals surface area contributed by atoms with Gasteiger partial charge in [0.05, 0.1) is 23.0 Å². The van der Waals surface area contributed by atoms with Crippen molar-refractivity contribution < 1.29 is 9.47 Å². The standard InChI is InChI=1S/C39H41O2Si/c1-24-20-28(16-18-36(24)40-5)30-12-8-10-14-32-34(30)22-26(3)38(32)42(7)39-27(4)23-35-31(13-9-11-15-33(35)39)29-17-19-37(41-6)25(2)21-29/h8-23,30-31,38-39H,1-7H3. The van der Waals surface area contributed by atoms with E-state index in [0.717, 1.165) is 11.5 Å². The zero-order chi connectivity index (χ0) is 29.5. The van der Waals surface area contributed by atoms with Crippen molar-refractivity contribution in [2.45, 2.75) is 57.2 Å². The first-order chi connectivity index (χ1) is 20.3. The minimum atomic E-state index is -0.908. The zero-order valence-electron chi connectivity index (χ0n) is 25.9. The predicted octanol–water partition coefficient (Wildman–Crippen LogP) is 9.82. The van der Waals surface area contributed by atoms with Gasteiger partial charge >= 0.3 is 0 Å². The molecule has 0 bridgehead atoms. The molecular weight excluding hydrogens is 529 g/mol. The lowest BCUT2D eigenvalue weighted by molar-refractivity contribution is 0.411. The monoisotopic (exact) mass is 569 g/mol. The van der Waals surface area contributed by atoms with Gasteiger partial charge in [-0.15, -0.1) is 0 Å². The predicted molar refractivity (Wildman–Crippen MR) is 178 cm³/mol. The Labute approximate surface area is 253 Å². The summed E-state index contributed by atoms with van der Waals surface area (Å²) in [7, 11) is 2.59. The summed E-state index contributed by atoms with van der Waals surface area (Å²) in [5.74, 6) is 2.38. The fourth-order valence-corrected chi connectivity index (χ4v) is 11.0. The zero-order valence-corrected chi connectivity index (χ0v) is 26.9. The molecular formula is C39H41O2Si. The molecule has 4 aliphatic rings. The maximum atomic E-state index is 5.56. The van der Waals surface area contributed by atoms with Crippen molar-refractivity contribution in [3.8, 4) is 11.5 Å². The summed E-state index contributed by atoms with van der Waals surface area (Å²) in [5.41, 5.74) is 14.9. The van der Waals surface area contributed by atoms with E-state index in [1.807, 2.05) is 0 Å². The van der Waals surface area contributed by atoms with Crippen LogP contribution in [-0.2, 0) is 0 Å². The Kier molecular flexibility index (Phi) is 7.72. The maximum Gasteiger partial charge on any atom is 0.121 e. The topological polar surface area (TPSA) is 18.5 Å². The van der Waals surface area contributed by atoms with Crippen LogP contribution in [0.4, 0.5) is 0 Å². The smallest absolute Gasteiger partial charge is 0.121 e. The number of hydrogen-bond donors (Lipinski definition) is 0. The Hall–Kier alpha value is -3.82. The van der Waals surface area contributed by atoms with Crippen LogP contribution >= 0.6 is 0 Å². The molecule has 0 aliphatic heterocycles. The molecule has 4 unspecified atom stereocenters. The van der Waals surface area contributed by atoms with Crippen LogP contribution in [-0.4, -0.2) is 23.0 Å². The number of allylic oxidation sites excluding steroid dienone is 16. The summed E-state index contributed by atoms with van der Waals surface area (Å²) < 4.78 is 11.1. The van der Waals surface area contributed by atoms with Crippen LogP contribution in [0.25, 0.3) is 0 Å². The van der Waals surface area contributed by atoms with Gasteiger partial charge in [-0.3, -0.25) is 0 Å². The molecule has 0 saturated heterocycles. The summed E-state index contributed by atoms with van der Waals surface area (Å²) in [6, 6.07) is 13.3. The third-order valence-corrected chi connectivity index (χ3v) is 12.8.